The number of hydrogen-bond donors (Lipinski definition) is 1. The molecule has 1 aromatic carbocycles. The molecule has 1 N–H and O–H groups in total. The van der Waals surface area contributed by atoms with Gasteiger partial charge in [-0.2, -0.15) is 0 Å². The van der Waals surface area contributed by atoms with E-state index >= 15 is 0 Å². The first-order valence-electron chi connectivity index (χ1n) is 11.7. The molecule has 1 fully saturated rings. The maximum Gasteiger partial charge on any atom is 0.248 e. The zero-order valence-electron chi connectivity index (χ0n) is 20.0. The van der Waals surface area contributed by atoms with E-state index in [0.717, 1.165) is 41.4 Å². The van der Waals surface area contributed by atoms with Crippen LogP contribution in [-0.4, -0.2) is 77.4 Å². The fraction of sp³-hybridized carbons (Fsp3) is 0.520. The number of benzene rings is 1. The lowest BCUT2D eigenvalue weighted by atomic mass is 9.68. The number of amides is 1. The second kappa shape index (κ2) is 9.30. The quantitative estimate of drug-likeness (QED) is 0.580. The molecule has 0 aliphatic carbocycles. The number of carbonyl (C=O) groups is 1. The van der Waals surface area contributed by atoms with Gasteiger partial charge in [0.05, 0.1) is 31.8 Å². The van der Waals surface area contributed by atoms with Crippen molar-refractivity contribution in [3.05, 3.63) is 46.0 Å². The van der Waals surface area contributed by atoms with Crippen LogP contribution in [-0.2, 0) is 28.5 Å². The van der Waals surface area contributed by atoms with Gasteiger partial charge in [0, 0.05) is 67.9 Å². The number of likely N-dealkylation sites (tertiary alicyclic amines) is 1. The average molecular weight is 485 g/mol. The monoisotopic (exact) mass is 484 g/mol. The summed E-state index contributed by atoms with van der Waals surface area (Å²) in [6.07, 6.45) is 3.57. The summed E-state index contributed by atoms with van der Waals surface area (Å²) in [5, 5.41) is 14.8. The summed E-state index contributed by atoms with van der Waals surface area (Å²) in [4.78, 5) is 21.3. The zero-order chi connectivity index (χ0) is 23.9. The fourth-order valence-corrected chi connectivity index (χ4v) is 6.58. The van der Waals surface area contributed by atoms with Crippen LogP contribution in [0.15, 0.2) is 29.8 Å². The van der Waals surface area contributed by atoms with E-state index in [1.165, 1.54) is 10.9 Å². The van der Waals surface area contributed by atoms with Crippen molar-refractivity contribution >= 4 is 28.1 Å². The second-order valence-corrected chi connectivity index (χ2v) is 10.3. The molecule has 1 atom stereocenters. The first-order chi connectivity index (χ1) is 16.5. The predicted octanol–water partition coefficient (Wildman–Crippen LogP) is 2.70. The summed E-state index contributed by atoms with van der Waals surface area (Å²) in [5.41, 5.74) is 3.47. The molecule has 1 spiro atoms. The molecular weight excluding hydrogens is 452 g/mol. The average Bonchev–Trinajstić information content (AvgIpc) is 3.46. The van der Waals surface area contributed by atoms with Crippen LogP contribution in [0.3, 0.4) is 0 Å². The molecule has 9 heteroatoms. The van der Waals surface area contributed by atoms with Gasteiger partial charge in [0.15, 0.2) is 0 Å². The molecule has 34 heavy (non-hydrogen) atoms. The molecule has 0 radical (unpaired) electrons. The van der Waals surface area contributed by atoms with Gasteiger partial charge < -0.3 is 24.0 Å². The summed E-state index contributed by atoms with van der Waals surface area (Å²) >= 11 is 1.64. The Morgan fingerprint density at radius 2 is 2.09 bits per heavy atom. The topological polar surface area (TPSA) is 80.1 Å². The third-order valence-corrected chi connectivity index (χ3v) is 8.35. The number of rotatable bonds is 6. The van der Waals surface area contributed by atoms with Crippen LogP contribution in [0.25, 0.3) is 10.9 Å². The van der Waals surface area contributed by atoms with Gasteiger partial charge >= 0.3 is 0 Å². The highest BCUT2D eigenvalue weighted by molar-refractivity contribution is 7.09. The Hall–Kier alpha value is -2.46. The van der Waals surface area contributed by atoms with Gasteiger partial charge in [0.2, 0.25) is 5.91 Å². The standard InChI is InChI=1S/C25H32N4O4S/c1-27-19-12-17(33-3)4-5-18(19)23-24(27)20(14-30)29(13-21-26-8-11-34-21)16-25(23)6-9-28(10-7-25)22(31)15-32-2/h4-5,8,11-12,20,30H,6-7,9-10,13-16H2,1-3H3/t20-/m1/s1. The molecule has 4 heterocycles. The van der Waals surface area contributed by atoms with E-state index in [1.54, 1.807) is 25.6 Å². The lowest BCUT2D eigenvalue weighted by molar-refractivity contribution is -0.137. The number of thiazole rings is 1. The molecule has 5 rings (SSSR count). The first kappa shape index (κ1) is 23.3. The van der Waals surface area contributed by atoms with Crippen LogP contribution >= 0.6 is 11.3 Å². The van der Waals surface area contributed by atoms with Crippen molar-refractivity contribution < 1.29 is 19.4 Å². The van der Waals surface area contributed by atoms with E-state index in [-0.39, 0.29) is 30.6 Å². The van der Waals surface area contributed by atoms with Crippen LogP contribution in [0.2, 0.25) is 0 Å². The van der Waals surface area contributed by atoms with Crippen molar-refractivity contribution in [1.29, 1.82) is 0 Å². The number of fused-ring (bicyclic) bond motifs is 4. The first-order valence-corrected chi connectivity index (χ1v) is 12.6. The van der Waals surface area contributed by atoms with Crippen molar-refractivity contribution in [3.63, 3.8) is 0 Å². The number of methoxy groups -OCH3 is 2. The smallest absolute Gasteiger partial charge is 0.248 e. The number of piperidine rings is 1. The summed E-state index contributed by atoms with van der Waals surface area (Å²) in [6, 6.07) is 6.13. The summed E-state index contributed by atoms with van der Waals surface area (Å²) in [7, 11) is 5.33. The Morgan fingerprint density at radius 3 is 2.74 bits per heavy atom. The van der Waals surface area contributed by atoms with Gasteiger partial charge in [-0.25, -0.2) is 4.98 Å². The number of aromatic nitrogens is 2. The molecular formula is C25H32N4O4S. The summed E-state index contributed by atoms with van der Waals surface area (Å²) in [5.74, 6) is 0.864. The Morgan fingerprint density at radius 1 is 1.29 bits per heavy atom. The molecule has 8 nitrogen and oxygen atoms in total. The minimum absolute atomic E-state index is 0.0359. The minimum Gasteiger partial charge on any atom is -0.497 e. The number of carbonyl (C=O) groups excluding carboxylic acids is 1. The minimum atomic E-state index is -0.124. The van der Waals surface area contributed by atoms with Gasteiger partial charge in [-0.1, -0.05) is 0 Å². The normalized spacial score (nSPS) is 20.1. The van der Waals surface area contributed by atoms with Crippen LogP contribution < -0.4 is 4.74 Å². The van der Waals surface area contributed by atoms with E-state index in [0.29, 0.717) is 19.6 Å². The number of hydrogen-bond acceptors (Lipinski definition) is 7. The third-order valence-electron chi connectivity index (χ3n) is 7.58. The molecule has 2 aromatic heterocycles. The molecule has 1 amide bonds. The highest BCUT2D eigenvalue weighted by atomic mass is 32.1. The van der Waals surface area contributed by atoms with E-state index in [4.69, 9.17) is 9.47 Å². The largest absolute Gasteiger partial charge is 0.497 e. The van der Waals surface area contributed by atoms with Crippen LogP contribution in [0, 0.1) is 0 Å². The van der Waals surface area contributed by atoms with Crippen molar-refractivity contribution in [2.24, 2.45) is 7.05 Å². The number of aliphatic hydroxyl groups is 1. The number of aliphatic hydroxyl groups excluding tert-OH is 1. The number of nitrogens with zero attached hydrogens (tertiary/aromatic N) is 4. The van der Waals surface area contributed by atoms with E-state index in [1.807, 2.05) is 22.5 Å². The maximum absolute atomic E-state index is 12.5. The molecule has 0 saturated carbocycles. The van der Waals surface area contributed by atoms with E-state index < -0.39 is 0 Å². The van der Waals surface area contributed by atoms with Crippen LogP contribution in [0.4, 0.5) is 0 Å². The van der Waals surface area contributed by atoms with Gasteiger partial charge in [-0.3, -0.25) is 9.69 Å². The summed E-state index contributed by atoms with van der Waals surface area (Å²) < 4.78 is 12.8. The highest BCUT2D eigenvalue weighted by Crippen LogP contribution is 2.50. The Balaban J connectivity index is 1.61. The lowest BCUT2D eigenvalue weighted by Gasteiger charge is -2.50. The van der Waals surface area contributed by atoms with Crippen LogP contribution in [0.5, 0.6) is 5.75 Å². The van der Waals surface area contributed by atoms with Crippen molar-refractivity contribution in [1.82, 2.24) is 19.4 Å². The van der Waals surface area contributed by atoms with Gasteiger partial charge in [-0.15, -0.1) is 11.3 Å². The summed E-state index contributed by atoms with van der Waals surface area (Å²) in [6.45, 7) is 3.07. The Bertz CT molecular complexity index is 1170. The van der Waals surface area contributed by atoms with Gasteiger partial charge in [0.1, 0.15) is 17.4 Å². The number of ether oxygens (including phenoxy) is 2. The van der Waals surface area contributed by atoms with Crippen LogP contribution in [0.1, 0.15) is 35.1 Å². The van der Waals surface area contributed by atoms with Crippen molar-refractivity contribution in [3.8, 4) is 5.75 Å². The van der Waals surface area contributed by atoms with E-state index in [2.05, 4.69) is 33.6 Å². The molecule has 1 saturated heterocycles. The second-order valence-electron chi connectivity index (χ2n) is 9.33. The highest BCUT2D eigenvalue weighted by Gasteiger charge is 2.48. The Labute approximate surface area is 203 Å². The van der Waals surface area contributed by atoms with Gasteiger partial charge in [-0.05, 0) is 30.5 Å². The number of aryl methyl sites for hydroxylation is 1. The zero-order valence-corrected chi connectivity index (χ0v) is 20.8. The third kappa shape index (κ3) is 3.80. The Kier molecular flexibility index (Phi) is 6.37. The molecule has 2 aliphatic rings. The van der Waals surface area contributed by atoms with E-state index in [9.17, 15) is 9.90 Å². The lowest BCUT2D eigenvalue weighted by Crippen LogP contribution is -2.54. The predicted molar refractivity (Wildman–Crippen MR) is 131 cm³/mol. The molecule has 0 unspecified atom stereocenters. The maximum atomic E-state index is 12.5. The molecule has 182 valence electrons. The van der Waals surface area contributed by atoms with Gasteiger partial charge in [0.25, 0.3) is 0 Å². The SMILES string of the molecule is COCC(=O)N1CCC2(CC1)CN(Cc1nccs1)[C@H](CO)c1c2c2ccc(OC)cc2n1C. The molecule has 2 aliphatic heterocycles. The van der Waals surface area contributed by atoms with Crippen molar-refractivity contribution in [2.75, 3.05) is 47.1 Å². The molecule has 3 aromatic rings. The molecule has 0 bridgehead atoms. The van der Waals surface area contributed by atoms with Crippen molar-refractivity contribution in [2.45, 2.75) is 30.8 Å². The fourth-order valence-electron chi connectivity index (χ4n) is 5.94.